The van der Waals surface area contributed by atoms with E-state index in [1.54, 1.807) is 48.5 Å². The summed E-state index contributed by atoms with van der Waals surface area (Å²) in [5, 5.41) is 5.15. The van der Waals surface area contributed by atoms with E-state index in [0.29, 0.717) is 0 Å². The number of hydrogen-bond donors (Lipinski definition) is 2. The molecular formula is C19H34N2O6. The average molecular weight is 386 g/mol. The minimum atomic E-state index is -0.765. The zero-order chi connectivity index (χ0) is 21.4. The fourth-order valence-corrected chi connectivity index (χ4v) is 2.32. The van der Waals surface area contributed by atoms with Crippen molar-refractivity contribution < 1.29 is 28.7 Å². The monoisotopic (exact) mass is 386 g/mol. The maximum atomic E-state index is 12.5. The molecule has 1 unspecified atom stereocenters. The van der Waals surface area contributed by atoms with Crippen LogP contribution in [0, 0.1) is 11.8 Å². The number of amides is 2. The van der Waals surface area contributed by atoms with Crippen LogP contribution in [0.2, 0.25) is 0 Å². The number of ketones is 1. The van der Waals surface area contributed by atoms with Gasteiger partial charge in [0, 0.05) is 12.8 Å². The molecule has 0 rings (SSSR count). The number of carbonyl (C=O) groups excluding carboxylic acids is 4. The minimum Gasteiger partial charge on any atom is -0.467 e. The molecule has 0 aromatic heterocycles. The largest absolute Gasteiger partial charge is 0.467 e. The third-order valence-corrected chi connectivity index (χ3v) is 3.72. The van der Waals surface area contributed by atoms with Crippen LogP contribution in [-0.4, -0.2) is 48.5 Å². The van der Waals surface area contributed by atoms with E-state index in [0.717, 1.165) is 0 Å². The zero-order valence-corrected chi connectivity index (χ0v) is 17.7. The molecule has 0 saturated heterocycles. The first kappa shape index (κ1) is 24.9. The normalized spacial score (nSPS) is 13.7. The van der Waals surface area contributed by atoms with Crippen molar-refractivity contribution in [1.82, 2.24) is 10.6 Å². The molecule has 8 heteroatoms. The van der Waals surface area contributed by atoms with Gasteiger partial charge in [0.05, 0.1) is 13.2 Å². The molecule has 156 valence electrons. The van der Waals surface area contributed by atoms with E-state index in [-0.39, 0.29) is 30.5 Å². The predicted octanol–water partition coefficient (Wildman–Crippen LogP) is 2.20. The molecule has 0 spiro atoms. The van der Waals surface area contributed by atoms with Gasteiger partial charge in [-0.2, -0.15) is 0 Å². The molecule has 2 amide bonds. The Hall–Kier alpha value is -2.12. The summed E-state index contributed by atoms with van der Waals surface area (Å²) in [4.78, 5) is 48.2. The van der Waals surface area contributed by atoms with Gasteiger partial charge >= 0.3 is 12.1 Å². The number of alkyl carbamates (subject to hydrolysis) is 1. The van der Waals surface area contributed by atoms with Crippen LogP contribution in [-0.2, 0) is 23.9 Å². The second kappa shape index (κ2) is 10.9. The molecular weight excluding hydrogens is 352 g/mol. The number of nitrogens with one attached hydrogen (secondary N) is 2. The van der Waals surface area contributed by atoms with E-state index in [4.69, 9.17) is 4.74 Å². The summed E-state index contributed by atoms with van der Waals surface area (Å²) < 4.78 is 9.85. The molecule has 27 heavy (non-hydrogen) atoms. The predicted molar refractivity (Wildman–Crippen MR) is 101 cm³/mol. The van der Waals surface area contributed by atoms with Crippen molar-refractivity contribution in [3.8, 4) is 0 Å². The van der Waals surface area contributed by atoms with Crippen molar-refractivity contribution in [1.29, 1.82) is 0 Å². The fraction of sp³-hybridized carbons (Fsp3) is 0.789. The Balaban J connectivity index is 4.75. The van der Waals surface area contributed by atoms with Crippen LogP contribution in [0.25, 0.3) is 0 Å². The number of Topliss-reactive ketones (excluding diaryl/α,β-unsaturated/α-hetero) is 1. The molecule has 0 aromatic rings. The van der Waals surface area contributed by atoms with Gasteiger partial charge in [-0.15, -0.1) is 0 Å². The maximum Gasteiger partial charge on any atom is 0.408 e. The average Bonchev–Trinajstić information content (AvgIpc) is 2.52. The third kappa shape index (κ3) is 9.96. The van der Waals surface area contributed by atoms with E-state index in [2.05, 4.69) is 15.4 Å². The molecule has 2 N–H and O–H groups in total. The highest BCUT2D eigenvalue weighted by Crippen LogP contribution is 2.11. The summed E-state index contributed by atoms with van der Waals surface area (Å²) in [6, 6.07) is -1.52. The number of esters is 1. The van der Waals surface area contributed by atoms with Crippen LogP contribution in [0.15, 0.2) is 0 Å². The lowest BCUT2D eigenvalue weighted by Crippen LogP contribution is -2.47. The number of hydrogen-bond acceptors (Lipinski definition) is 6. The van der Waals surface area contributed by atoms with E-state index >= 15 is 0 Å². The van der Waals surface area contributed by atoms with Crippen molar-refractivity contribution in [2.45, 2.75) is 79.0 Å². The third-order valence-electron chi connectivity index (χ3n) is 3.72. The van der Waals surface area contributed by atoms with E-state index in [1.165, 1.54) is 7.11 Å². The van der Waals surface area contributed by atoms with Crippen molar-refractivity contribution >= 4 is 23.8 Å². The van der Waals surface area contributed by atoms with Crippen LogP contribution in [0.1, 0.15) is 61.3 Å². The molecule has 2 atom stereocenters. The first-order chi connectivity index (χ1) is 12.3. The Morgan fingerprint density at radius 1 is 0.852 bits per heavy atom. The van der Waals surface area contributed by atoms with Crippen molar-refractivity contribution in [3.05, 3.63) is 0 Å². The van der Waals surface area contributed by atoms with Gasteiger partial charge in [-0.25, -0.2) is 9.59 Å². The highest BCUT2D eigenvalue weighted by molar-refractivity contribution is 5.91. The molecule has 0 radical (unpaired) electrons. The molecule has 0 bridgehead atoms. The summed E-state index contributed by atoms with van der Waals surface area (Å²) in [6.07, 6.45) is -0.820. The quantitative estimate of drug-likeness (QED) is 0.588. The minimum absolute atomic E-state index is 0.0591. The lowest BCUT2D eigenvalue weighted by atomic mass is 9.96. The summed E-state index contributed by atoms with van der Waals surface area (Å²) in [5.74, 6) is -1.53. The van der Waals surface area contributed by atoms with Crippen LogP contribution < -0.4 is 10.6 Å². The number of methoxy groups -OCH3 is 1. The number of carbonyl (C=O) groups is 4. The van der Waals surface area contributed by atoms with Gasteiger partial charge in [-0.3, -0.25) is 9.59 Å². The maximum absolute atomic E-state index is 12.5. The lowest BCUT2D eigenvalue weighted by Gasteiger charge is -2.25. The van der Waals surface area contributed by atoms with Gasteiger partial charge in [0.2, 0.25) is 5.91 Å². The summed E-state index contributed by atoms with van der Waals surface area (Å²) >= 11 is 0. The second-order valence-electron chi connectivity index (χ2n) is 8.15. The summed E-state index contributed by atoms with van der Waals surface area (Å²) in [6.45, 7) is 12.4. The smallest absolute Gasteiger partial charge is 0.408 e. The molecule has 0 aliphatic heterocycles. The van der Waals surface area contributed by atoms with Gasteiger partial charge in [-0.05, 0) is 32.6 Å². The Bertz CT molecular complexity index is 537. The van der Waals surface area contributed by atoms with Gasteiger partial charge in [0.15, 0.2) is 5.78 Å². The zero-order valence-electron chi connectivity index (χ0n) is 17.7. The molecule has 0 fully saturated rings. The first-order valence-corrected chi connectivity index (χ1v) is 9.17. The summed E-state index contributed by atoms with van der Waals surface area (Å²) in [7, 11) is 1.25. The Morgan fingerprint density at radius 3 is 1.78 bits per heavy atom. The van der Waals surface area contributed by atoms with Gasteiger partial charge < -0.3 is 20.1 Å². The molecule has 0 aliphatic carbocycles. The van der Waals surface area contributed by atoms with Crippen LogP contribution in [0.3, 0.4) is 0 Å². The Kier molecular flexibility index (Phi) is 10.0. The van der Waals surface area contributed by atoms with E-state index in [1.807, 2.05) is 0 Å². The van der Waals surface area contributed by atoms with E-state index < -0.39 is 35.7 Å². The van der Waals surface area contributed by atoms with Gasteiger partial charge in [-0.1, -0.05) is 27.7 Å². The highest BCUT2D eigenvalue weighted by atomic mass is 16.6. The molecule has 0 aromatic carbocycles. The SMILES string of the molecule is COC(=O)C(NC(=O)CCC(=O)[C@@H](NC(=O)OC(C)(C)C)C(C)C)C(C)C. The van der Waals surface area contributed by atoms with Gasteiger partial charge in [0.1, 0.15) is 11.6 Å². The van der Waals surface area contributed by atoms with Crippen LogP contribution in [0.5, 0.6) is 0 Å². The first-order valence-electron chi connectivity index (χ1n) is 9.17. The number of ether oxygens (including phenoxy) is 2. The molecule has 8 nitrogen and oxygen atoms in total. The lowest BCUT2D eigenvalue weighted by molar-refractivity contribution is -0.146. The Morgan fingerprint density at radius 2 is 1.37 bits per heavy atom. The van der Waals surface area contributed by atoms with Gasteiger partial charge in [0.25, 0.3) is 0 Å². The topological polar surface area (TPSA) is 111 Å². The molecule has 0 heterocycles. The van der Waals surface area contributed by atoms with Crippen molar-refractivity contribution in [3.63, 3.8) is 0 Å². The van der Waals surface area contributed by atoms with E-state index in [9.17, 15) is 19.2 Å². The summed E-state index contributed by atoms with van der Waals surface area (Å²) in [5.41, 5.74) is -0.672. The Labute approximate surface area is 161 Å². The number of rotatable bonds is 9. The van der Waals surface area contributed by atoms with Crippen molar-refractivity contribution in [2.24, 2.45) is 11.8 Å². The van der Waals surface area contributed by atoms with Crippen molar-refractivity contribution in [2.75, 3.05) is 7.11 Å². The van der Waals surface area contributed by atoms with Crippen LogP contribution >= 0.6 is 0 Å². The highest BCUT2D eigenvalue weighted by Gasteiger charge is 2.28. The molecule has 0 saturated carbocycles. The van der Waals surface area contributed by atoms with Crippen LogP contribution in [0.4, 0.5) is 4.79 Å². The fourth-order valence-electron chi connectivity index (χ4n) is 2.32. The standard InChI is InChI=1S/C19H34N2O6/c1-11(2)15(21-18(25)27-19(5,6)7)13(22)9-10-14(23)20-16(12(3)4)17(24)26-8/h11-12,15-16H,9-10H2,1-8H3,(H,20,23)(H,21,25)/t15-,16?/m0/s1. The molecule has 0 aliphatic rings. The second-order valence-corrected chi connectivity index (χ2v) is 8.15.